The van der Waals surface area contributed by atoms with Crippen LogP contribution in [0.3, 0.4) is 0 Å². The molecule has 0 fully saturated rings. The van der Waals surface area contributed by atoms with Gasteiger partial charge in [0.15, 0.2) is 22.1 Å². The lowest BCUT2D eigenvalue weighted by molar-refractivity contribution is 0.0978. The zero-order valence-corrected chi connectivity index (χ0v) is 22.5. The van der Waals surface area contributed by atoms with E-state index in [2.05, 4.69) is 14.7 Å². The number of nitrogens with one attached hydrogen (secondary N) is 2. The third kappa shape index (κ3) is 5.07. The van der Waals surface area contributed by atoms with Crippen LogP contribution < -0.4 is 10.2 Å². The van der Waals surface area contributed by atoms with Crippen molar-refractivity contribution >= 4 is 50.6 Å². The van der Waals surface area contributed by atoms with Crippen molar-refractivity contribution in [3.8, 4) is 28.6 Å². The molecule has 0 saturated heterocycles. The first-order chi connectivity index (χ1) is 19.9. The summed E-state index contributed by atoms with van der Waals surface area (Å²) in [6.45, 7) is 0. The van der Waals surface area contributed by atoms with E-state index in [1.807, 2.05) is 48.5 Å². The molecule has 0 aliphatic rings. The van der Waals surface area contributed by atoms with Crippen molar-refractivity contribution in [2.24, 2.45) is 0 Å². The van der Waals surface area contributed by atoms with Crippen LogP contribution in [0.25, 0.3) is 44.6 Å². The third-order valence-electron chi connectivity index (χ3n) is 6.26. The van der Waals surface area contributed by atoms with Gasteiger partial charge in [-0.15, -0.1) is 0 Å². The molecule has 3 heterocycles. The van der Waals surface area contributed by atoms with Crippen LogP contribution in [-0.4, -0.2) is 30.1 Å². The molecule has 0 aliphatic heterocycles. The van der Waals surface area contributed by atoms with Crippen molar-refractivity contribution in [3.63, 3.8) is 0 Å². The molecular weight excluding hydrogens is 560 g/mol. The van der Waals surface area contributed by atoms with Gasteiger partial charge in [-0.1, -0.05) is 48.0 Å². The fourth-order valence-electron chi connectivity index (χ4n) is 4.31. The van der Waals surface area contributed by atoms with E-state index in [9.17, 15) is 13.8 Å². The van der Waals surface area contributed by atoms with E-state index in [0.717, 1.165) is 17.0 Å². The molecule has 3 aromatic heterocycles. The smallest absolute Gasteiger partial charge is 0.279 e. The van der Waals surface area contributed by atoms with Crippen molar-refractivity contribution in [3.05, 3.63) is 118 Å². The van der Waals surface area contributed by atoms with Crippen LogP contribution in [0.2, 0.25) is 5.02 Å². The Bertz CT molecular complexity index is 2110. The molecule has 2 N–H and O–H groups in total. The maximum Gasteiger partial charge on any atom is 0.279 e. The van der Waals surface area contributed by atoms with Gasteiger partial charge in [-0.3, -0.25) is 19.3 Å². The molecule has 1 unspecified atom stereocenters. The molecule has 3 aromatic carbocycles. The van der Waals surface area contributed by atoms with Crippen molar-refractivity contribution < 1.29 is 9.00 Å². The zero-order chi connectivity index (χ0) is 28.5. The highest BCUT2D eigenvalue weighted by Gasteiger charge is 2.19. The molecule has 0 spiro atoms. The lowest BCUT2D eigenvalue weighted by Gasteiger charge is -2.12. The fourth-order valence-corrected chi connectivity index (χ4v) is 5.37. The SMILES string of the molecule is N#Cc1ccc(S(=O)NC(=O)c2cc(=O)c3nc(-c4cc(Cl)c5ncccc5c4)c(-c4ccccc4)nc3[nH]2)cc1. The van der Waals surface area contributed by atoms with Crippen LogP contribution in [0.15, 0.2) is 101 Å². The Balaban J connectivity index is 1.45. The molecule has 41 heavy (non-hydrogen) atoms. The summed E-state index contributed by atoms with van der Waals surface area (Å²) in [5.74, 6) is -0.771. The summed E-state index contributed by atoms with van der Waals surface area (Å²) in [6.07, 6.45) is 1.66. The van der Waals surface area contributed by atoms with Gasteiger partial charge in [0, 0.05) is 28.8 Å². The zero-order valence-electron chi connectivity index (χ0n) is 21.0. The van der Waals surface area contributed by atoms with E-state index in [1.165, 1.54) is 24.3 Å². The summed E-state index contributed by atoms with van der Waals surface area (Å²) >= 11 is 6.55. The van der Waals surface area contributed by atoms with Gasteiger partial charge < -0.3 is 4.98 Å². The monoisotopic (exact) mass is 576 g/mol. The summed E-state index contributed by atoms with van der Waals surface area (Å²) in [7, 11) is -1.93. The summed E-state index contributed by atoms with van der Waals surface area (Å²) in [5, 5.41) is 10.2. The fraction of sp³-hybridized carbons (Fsp3) is 0. The number of amides is 1. The van der Waals surface area contributed by atoms with E-state index >= 15 is 0 Å². The number of carbonyl (C=O) groups is 1. The molecule has 6 aromatic rings. The second-order valence-electron chi connectivity index (χ2n) is 8.90. The van der Waals surface area contributed by atoms with Crippen LogP contribution in [-0.2, 0) is 11.0 Å². The predicted molar refractivity (Wildman–Crippen MR) is 156 cm³/mol. The lowest BCUT2D eigenvalue weighted by Crippen LogP contribution is -2.28. The number of nitriles is 1. The summed E-state index contributed by atoms with van der Waals surface area (Å²) in [4.78, 5) is 43.1. The van der Waals surface area contributed by atoms with Crippen molar-refractivity contribution in [2.75, 3.05) is 0 Å². The molecule has 1 amide bonds. The van der Waals surface area contributed by atoms with Gasteiger partial charge in [0.1, 0.15) is 5.69 Å². The highest BCUT2D eigenvalue weighted by molar-refractivity contribution is 7.83. The van der Waals surface area contributed by atoms with E-state index in [-0.39, 0.29) is 16.9 Å². The maximum atomic E-state index is 13.2. The van der Waals surface area contributed by atoms with E-state index in [4.69, 9.17) is 26.8 Å². The minimum atomic E-state index is -1.93. The number of pyridine rings is 2. The number of nitrogens with zero attached hydrogens (tertiary/aromatic N) is 4. The van der Waals surface area contributed by atoms with Crippen LogP contribution in [0.1, 0.15) is 16.1 Å². The summed E-state index contributed by atoms with van der Waals surface area (Å²) in [5.41, 5.74) is 2.73. The van der Waals surface area contributed by atoms with Gasteiger partial charge >= 0.3 is 0 Å². The first-order valence-electron chi connectivity index (χ1n) is 12.2. The molecule has 198 valence electrons. The first-order valence-corrected chi connectivity index (χ1v) is 13.7. The van der Waals surface area contributed by atoms with Crippen molar-refractivity contribution in [1.29, 1.82) is 5.26 Å². The number of hydrogen-bond acceptors (Lipinski definition) is 7. The Labute approximate surface area is 240 Å². The Hall–Kier alpha value is -5.24. The molecular formula is C30H17ClN6O3S. The Morgan fingerprint density at radius 2 is 1.66 bits per heavy atom. The summed E-state index contributed by atoms with van der Waals surface area (Å²) in [6, 6.07) is 25.6. The minimum absolute atomic E-state index is 0.0202. The number of hydrogen-bond donors (Lipinski definition) is 2. The number of aromatic amines is 1. The van der Waals surface area contributed by atoms with Gasteiger partial charge in [-0.2, -0.15) is 5.26 Å². The molecule has 0 saturated carbocycles. The molecule has 6 rings (SSSR count). The topological polar surface area (TPSA) is 141 Å². The predicted octanol–water partition coefficient (Wildman–Crippen LogP) is 5.18. The molecule has 9 nitrogen and oxygen atoms in total. The van der Waals surface area contributed by atoms with Gasteiger partial charge in [0.2, 0.25) is 5.43 Å². The standard InChI is InChI=1S/C30H17ClN6O3S/c31-22-14-20(13-19-7-4-12-33-25(19)22)27-26(18-5-2-1-3-6-18)36-29-28(35-27)24(38)15-23(34-29)30(39)37-41(40)21-10-8-17(16-32)9-11-21/h1-15H,(H,37,39)(H,34,36,38). The van der Waals surface area contributed by atoms with Crippen LogP contribution >= 0.6 is 11.6 Å². The second-order valence-corrected chi connectivity index (χ2v) is 10.5. The highest BCUT2D eigenvalue weighted by Crippen LogP contribution is 2.34. The first kappa shape index (κ1) is 26.0. The molecule has 11 heteroatoms. The van der Waals surface area contributed by atoms with Crippen molar-refractivity contribution in [1.82, 2.24) is 24.7 Å². The average Bonchev–Trinajstić information content (AvgIpc) is 3.01. The third-order valence-corrected chi connectivity index (χ3v) is 7.62. The number of halogens is 1. The van der Waals surface area contributed by atoms with E-state index < -0.39 is 22.3 Å². The number of fused-ring (bicyclic) bond motifs is 2. The number of benzene rings is 3. The summed E-state index contributed by atoms with van der Waals surface area (Å²) < 4.78 is 15.1. The van der Waals surface area contributed by atoms with Crippen LogP contribution in [0.4, 0.5) is 0 Å². The molecule has 1 atom stereocenters. The van der Waals surface area contributed by atoms with Gasteiger partial charge in [0.05, 0.1) is 38.5 Å². The molecule has 0 bridgehead atoms. The Morgan fingerprint density at radius 1 is 0.902 bits per heavy atom. The molecule has 0 aliphatic carbocycles. The van der Waals surface area contributed by atoms with E-state index in [0.29, 0.717) is 37.9 Å². The lowest BCUT2D eigenvalue weighted by atomic mass is 10.0. The van der Waals surface area contributed by atoms with Gasteiger partial charge in [-0.05, 0) is 42.5 Å². The Morgan fingerprint density at radius 3 is 2.41 bits per heavy atom. The van der Waals surface area contributed by atoms with Crippen molar-refractivity contribution in [2.45, 2.75) is 4.90 Å². The second kappa shape index (κ2) is 10.7. The quantitative estimate of drug-likeness (QED) is 0.288. The largest absolute Gasteiger partial charge is 0.334 e. The molecule has 0 radical (unpaired) electrons. The average molecular weight is 577 g/mol. The number of carbonyl (C=O) groups excluding carboxylic acids is 1. The minimum Gasteiger partial charge on any atom is -0.334 e. The number of aromatic nitrogens is 4. The Kier molecular flexibility index (Phi) is 6.81. The van der Waals surface area contributed by atoms with Gasteiger partial charge in [-0.25, -0.2) is 14.2 Å². The normalized spacial score (nSPS) is 11.7. The van der Waals surface area contributed by atoms with Crippen LogP contribution in [0, 0.1) is 11.3 Å². The van der Waals surface area contributed by atoms with Gasteiger partial charge in [0.25, 0.3) is 5.91 Å². The van der Waals surface area contributed by atoms with E-state index in [1.54, 1.807) is 18.3 Å². The highest BCUT2D eigenvalue weighted by atomic mass is 35.5. The number of H-pyrrole nitrogens is 1. The van der Waals surface area contributed by atoms with Crippen LogP contribution in [0.5, 0.6) is 0 Å². The number of rotatable bonds is 5. The maximum absolute atomic E-state index is 13.2.